The van der Waals surface area contributed by atoms with Gasteiger partial charge < -0.3 is 14.9 Å². The number of carboxylic acid groups (broad SMARTS) is 2. The van der Waals surface area contributed by atoms with Crippen molar-refractivity contribution in [2.24, 2.45) is 0 Å². The molecule has 2 N–H and O–H groups in total. The van der Waals surface area contributed by atoms with Crippen LogP contribution in [0.3, 0.4) is 0 Å². The zero-order chi connectivity index (χ0) is 26.1. The number of nitrogens with zero attached hydrogens (tertiary/aromatic N) is 3. The molecule has 2 aliphatic heterocycles. The molecule has 2 saturated heterocycles. The summed E-state index contributed by atoms with van der Waals surface area (Å²) in [4.78, 5) is 27.4. The smallest absolute Gasteiger partial charge is 0.475 e. The molecule has 2 aliphatic rings. The van der Waals surface area contributed by atoms with Gasteiger partial charge in [-0.1, -0.05) is 13.8 Å². The predicted octanol–water partition coefficient (Wildman–Crippen LogP) is 3.48. The van der Waals surface area contributed by atoms with Crippen LogP contribution in [0.25, 0.3) is 0 Å². The molecule has 0 spiro atoms. The molecule has 3 heterocycles. The molecule has 0 aliphatic carbocycles. The van der Waals surface area contributed by atoms with Crippen LogP contribution in [0.15, 0.2) is 11.6 Å². The third-order valence-corrected chi connectivity index (χ3v) is 5.96. The minimum Gasteiger partial charge on any atom is -0.475 e. The van der Waals surface area contributed by atoms with Gasteiger partial charge in [-0.2, -0.15) is 26.3 Å². The van der Waals surface area contributed by atoms with E-state index in [4.69, 9.17) is 24.5 Å². The number of carboxylic acids is 2. The van der Waals surface area contributed by atoms with E-state index in [2.05, 4.69) is 34.0 Å². The molecule has 0 bridgehead atoms. The Hall–Kier alpha value is -1.97. The zero-order valence-corrected chi connectivity index (χ0v) is 19.3. The van der Waals surface area contributed by atoms with Crippen LogP contribution in [-0.4, -0.2) is 93.7 Å². The number of alkyl halides is 6. The molecule has 1 aromatic rings. The molecule has 0 radical (unpaired) electrons. The van der Waals surface area contributed by atoms with Crippen molar-refractivity contribution in [2.45, 2.75) is 63.8 Å². The third kappa shape index (κ3) is 9.35. The first kappa shape index (κ1) is 30.1. The summed E-state index contributed by atoms with van der Waals surface area (Å²) in [6.07, 6.45) is -5.40. The highest BCUT2D eigenvalue weighted by molar-refractivity contribution is 7.09. The van der Waals surface area contributed by atoms with Gasteiger partial charge in [-0.25, -0.2) is 14.6 Å². The molecule has 8 nitrogen and oxygen atoms in total. The second-order valence-electron chi connectivity index (χ2n) is 7.29. The van der Waals surface area contributed by atoms with E-state index in [1.54, 1.807) is 11.3 Å². The van der Waals surface area contributed by atoms with Crippen LogP contribution < -0.4 is 0 Å². The van der Waals surface area contributed by atoms with Crippen molar-refractivity contribution < 1.29 is 50.9 Å². The number of likely N-dealkylation sites (N-methyl/N-ethyl adjacent to an activating group) is 1. The SMILES string of the molecule is CCN(CC)[C@@H]1CN(Cc2nccs2)[C@@H]2CCCO[C@H]12.O=C(O)C(F)(F)F.O=C(O)C(F)(F)F. The maximum atomic E-state index is 10.6. The summed E-state index contributed by atoms with van der Waals surface area (Å²) in [6, 6.07) is 1.13. The van der Waals surface area contributed by atoms with Gasteiger partial charge in [-0.3, -0.25) is 9.80 Å². The summed E-state index contributed by atoms with van der Waals surface area (Å²) in [5.41, 5.74) is 0. The standard InChI is InChI=1S/C15H25N3OS.2C2HF3O2/c1-3-17(4-2)13-10-18(11-14-16-7-9-20-14)12-6-5-8-19-15(12)13;2*3-2(4,5)1(6)7/h7,9,12-13,15H,3-6,8,10-11H2,1-2H3;2*(H,6,7)/t12-,13-,15+;;/m1../s1. The highest BCUT2D eigenvalue weighted by Gasteiger charge is 2.45. The van der Waals surface area contributed by atoms with Crippen molar-refractivity contribution in [2.75, 3.05) is 26.2 Å². The summed E-state index contributed by atoms with van der Waals surface area (Å²) < 4.78 is 69.6. The number of rotatable bonds is 5. The van der Waals surface area contributed by atoms with Crippen molar-refractivity contribution >= 4 is 23.3 Å². The first-order chi connectivity index (χ1) is 15.7. The van der Waals surface area contributed by atoms with E-state index in [9.17, 15) is 26.3 Å². The van der Waals surface area contributed by atoms with E-state index in [1.165, 1.54) is 17.8 Å². The fourth-order valence-electron chi connectivity index (χ4n) is 3.73. The van der Waals surface area contributed by atoms with E-state index >= 15 is 0 Å². The number of fused-ring (bicyclic) bond motifs is 1. The van der Waals surface area contributed by atoms with Gasteiger partial charge in [0.2, 0.25) is 0 Å². The molecule has 196 valence electrons. The second-order valence-corrected chi connectivity index (χ2v) is 8.27. The first-order valence-electron chi connectivity index (χ1n) is 10.3. The van der Waals surface area contributed by atoms with Crippen LogP contribution in [0.5, 0.6) is 0 Å². The highest BCUT2D eigenvalue weighted by atomic mass is 32.1. The average Bonchev–Trinajstić information content (AvgIpc) is 3.38. The number of thiazole rings is 1. The average molecular weight is 523 g/mol. The van der Waals surface area contributed by atoms with Crippen molar-refractivity contribution in [1.29, 1.82) is 0 Å². The summed E-state index contributed by atoms with van der Waals surface area (Å²) in [5.74, 6) is -5.51. The Labute approximate surface area is 196 Å². The lowest BCUT2D eigenvalue weighted by Gasteiger charge is -2.35. The van der Waals surface area contributed by atoms with Gasteiger partial charge in [0.25, 0.3) is 0 Å². The minimum atomic E-state index is -5.08. The summed E-state index contributed by atoms with van der Waals surface area (Å²) in [6.45, 7) is 9.77. The lowest BCUT2D eigenvalue weighted by atomic mass is 10.00. The maximum Gasteiger partial charge on any atom is 0.490 e. The van der Waals surface area contributed by atoms with E-state index < -0.39 is 24.3 Å². The molecule has 3 rings (SSSR count). The Kier molecular flexibility index (Phi) is 11.7. The van der Waals surface area contributed by atoms with Gasteiger partial charge >= 0.3 is 24.3 Å². The number of hydrogen-bond acceptors (Lipinski definition) is 7. The third-order valence-electron chi connectivity index (χ3n) is 5.19. The summed E-state index contributed by atoms with van der Waals surface area (Å²) >= 11 is 1.76. The Morgan fingerprint density at radius 1 is 1.15 bits per heavy atom. The Bertz CT molecular complexity index is 735. The lowest BCUT2D eigenvalue weighted by Crippen LogP contribution is -2.47. The quantitative estimate of drug-likeness (QED) is 0.566. The van der Waals surface area contributed by atoms with Crippen molar-refractivity contribution in [3.8, 4) is 0 Å². The Morgan fingerprint density at radius 3 is 2.09 bits per heavy atom. The molecule has 3 atom stereocenters. The van der Waals surface area contributed by atoms with Gasteiger partial charge in [-0.15, -0.1) is 11.3 Å². The summed E-state index contributed by atoms with van der Waals surface area (Å²) in [5, 5.41) is 17.6. The number of carbonyl (C=O) groups is 2. The largest absolute Gasteiger partial charge is 0.490 e. The molecule has 2 fully saturated rings. The molecule has 0 aromatic carbocycles. The molecule has 1 aromatic heterocycles. The van der Waals surface area contributed by atoms with Gasteiger partial charge in [0.05, 0.1) is 18.7 Å². The van der Waals surface area contributed by atoms with Gasteiger partial charge in [0.15, 0.2) is 0 Å². The molecular weight excluding hydrogens is 496 g/mol. The van der Waals surface area contributed by atoms with Crippen molar-refractivity contribution in [3.63, 3.8) is 0 Å². The van der Waals surface area contributed by atoms with E-state index in [0.717, 1.165) is 32.8 Å². The number of ether oxygens (including phenoxy) is 1. The van der Waals surface area contributed by atoms with Crippen LogP contribution in [0, 0.1) is 0 Å². The van der Waals surface area contributed by atoms with Crippen molar-refractivity contribution in [1.82, 2.24) is 14.8 Å². The molecule has 0 unspecified atom stereocenters. The zero-order valence-electron chi connectivity index (χ0n) is 18.5. The maximum absolute atomic E-state index is 10.6. The first-order valence-corrected chi connectivity index (χ1v) is 11.2. The van der Waals surface area contributed by atoms with Crippen LogP contribution in [0.2, 0.25) is 0 Å². The minimum absolute atomic E-state index is 0.392. The lowest BCUT2D eigenvalue weighted by molar-refractivity contribution is -0.193. The number of likely N-dealkylation sites (tertiary alicyclic amines) is 1. The molecule has 34 heavy (non-hydrogen) atoms. The number of aromatic nitrogens is 1. The molecule has 0 amide bonds. The number of aliphatic carboxylic acids is 2. The number of hydrogen-bond donors (Lipinski definition) is 2. The fraction of sp³-hybridized carbons (Fsp3) is 0.737. The van der Waals surface area contributed by atoms with Crippen molar-refractivity contribution in [3.05, 3.63) is 16.6 Å². The van der Waals surface area contributed by atoms with Crippen LogP contribution in [0.1, 0.15) is 31.7 Å². The summed E-state index contributed by atoms with van der Waals surface area (Å²) in [7, 11) is 0. The van der Waals surface area contributed by atoms with Crippen LogP contribution in [-0.2, 0) is 20.9 Å². The Balaban J connectivity index is 0.000000343. The topological polar surface area (TPSA) is 103 Å². The number of halogens is 6. The normalized spacial score (nSPS) is 22.8. The van der Waals surface area contributed by atoms with E-state index in [0.29, 0.717) is 18.2 Å². The predicted molar refractivity (Wildman–Crippen MR) is 109 cm³/mol. The molecular formula is C19H27F6N3O5S. The van der Waals surface area contributed by atoms with Crippen LogP contribution >= 0.6 is 11.3 Å². The monoisotopic (exact) mass is 523 g/mol. The van der Waals surface area contributed by atoms with Gasteiger partial charge in [-0.05, 0) is 25.9 Å². The van der Waals surface area contributed by atoms with Gasteiger partial charge in [0.1, 0.15) is 5.01 Å². The van der Waals surface area contributed by atoms with E-state index in [-0.39, 0.29) is 0 Å². The Morgan fingerprint density at radius 2 is 1.68 bits per heavy atom. The molecule has 0 saturated carbocycles. The molecule has 15 heteroatoms. The fourth-order valence-corrected chi connectivity index (χ4v) is 4.37. The highest BCUT2D eigenvalue weighted by Crippen LogP contribution is 2.33. The second kappa shape index (κ2) is 13.2. The van der Waals surface area contributed by atoms with Crippen LogP contribution in [0.4, 0.5) is 26.3 Å². The van der Waals surface area contributed by atoms with E-state index in [1.807, 2.05) is 6.20 Å². The van der Waals surface area contributed by atoms with Gasteiger partial charge in [0, 0.05) is 30.8 Å².